The lowest BCUT2D eigenvalue weighted by Crippen LogP contribution is -2.49. The Hall–Kier alpha value is -0.810. The minimum atomic E-state index is 0.468. The summed E-state index contributed by atoms with van der Waals surface area (Å²) in [6.45, 7) is 5.37. The summed E-state index contributed by atoms with van der Waals surface area (Å²) in [5, 5.41) is 3.58. The van der Waals surface area contributed by atoms with E-state index in [0.29, 0.717) is 12.1 Å². The van der Waals surface area contributed by atoms with Gasteiger partial charge in [0.15, 0.2) is 5.96 Å². The summed E-state index contributed by atoms with van der Waals surface area (Å²) in [4.78, 5) is 9.33. The average molecular weight is 308 g/mol. The fourth-order valence-electron chi connectivity index (χ4n) is 3.57. The predicted octanol–water partition coefficient (Wildman–Crippen LogP) is 1.55. The first-order valence-electron chi connectivity index (χ1n) is 9.03. The summed E-state index contributed by atoms with van der Waals surface area (Å²) in [7, 11) is 4.13. The van der Waals surface area contributed by atoms with Crippen LogP contribution in [0.3, 0.4) is 0 Å². The maximum Gasteiger partial charge on any atom is 0.193 e. The van der Waals surface area contributed by atoms with Gasteiger partial charge in [-0.2, -0.15) is 0 Å². The second-order valence-electron chi connectivity index (χ2n) is 7.17. The molecule has 1 N–H and O–H groups in total. The van der Waals surface area contributed by atoms with E-state index in [4.69, 9.17) is 4.74 Å². The second kappa shape index (κ2) is 7.64. The molecule has 0 bridgehead atoms. The van der Waals surface area contributed by atoms with Gasteiger partial charge in [-0.25, -0.2) is 0 Å². The highest BCUT2D eigenvalue weighted by atomic mass is 16.5. The number of nitrogens with zero attached hydrogens (tertiary/aromatic N) is 3. The number of rotatable bonds is 5. The zero-order chi connectivity index (χ0) is 15.4. The number of hydrogen-bond acceptors (Lipinski definition) is 3. The molecule has 3 aliphatic rings. The number of aliphatic imine (C=N–C) groups is 1. The van der Waals surface area contributed by atoms with Gasteiger partial charge in [0.05, 0.1) is 6.10 Å². The van der Waals surface area contributed by atoms with Crippen molar-refractivity contribution in [3.63, 3.8) is 0 Å². The summed E-state index contributed by atoms with van der Waals surface area (Å²) in [5.74, 6) is 1.94. The van der Waals surface area contributed by atoms with E-state index in [1.807, 2.05) is 7.05 Å². The van der Waals surface area contributed by atoms with Crippen LogP contribution < -0.4 is 5.32 Å². The zero-order valence-corrected chi connectivity index (χ0v) is 14.3. The number of likely N-dealkylation sites (N-methyl/N-ethyl adjacent to an activating group) is 1. The summed E-state index contributed by atoms with van der Waals surface area (Å²) in [5.41, 5.74) is 0. The van der Waals surface area contributed by atoms with Crippen LogP contribution in [0.2, 0.25) is 0 Å². The molecule has 2 heterocycles. The molecular formula is C17H32N4O. The molecule has 3 fully saturated rings. The smallest absolute Gasteiger partial charge is 0.193 e. The molecule has 2 aliphatic heterocycles. The molecule has 1 unspecified atom stereocenters. The number of ether oxygens (including phenoxy) is 1. The van der Waals surface area contributed by atoms with Crippen LogP contribution in [0.5, 0.6) is 0 Å². The Labute approximate surface area is 135 Å². The van der Waals surface area contributed by atoms with Gasteiger partial charge in [0.25, 0.3) is 0 Å². The molecule has 2 saturated heterocycles. The van der Waals surface area contributed by atoms with Gasteiger partial charge in [-0.05, 0) is 58.0 Å². The number of nitrogens with one attached hydrogen (secondary N) is 1. The van der Waals surface area contributed by atoms with Gasteiger partial charge in [-0.1, -0.05) is 0 Å². The normalized spacial score (nSPS) is 28.4. The molecule has 3 rings (SSSR count). The zero-order valence-electron chi connectivity index (χ0n) is 14.3. The maximum atomic E-state index is 6.03. The highest BCUT2D eigenvalue weighted by Crippen LogP contribution is 2.30. The highest BCUT2D eigenvalue weighted by Gasteiger charge is 2.27. The number of guanidine groups is 1. The maximum absolute atomic E-state index is 6.03. The molecule has 0 amide bonds. The average Bonchev–Trinajstić information content (AvgIpc) is 3.29. The van der Waals surface area contributed by atoms with E-state index >= 15 is 0 Å². The molecule has 0 aromatic carbocycles. The number of hydrogen-bond donors (Lipinski definition) is 1. The summed E-state index contributed by atoms with van der Waals surface area (Å²) >= 11 is 0. The van der Waals surface area contributed by atoms with E-state index in [0.717, 1.165) is 51.0 Å². The van der Waals surface area contributed by atoms with Crippen LogP contribution in [0.15, 0.2) is 4.99 Å². The number of likely N-dealkylation sites (tertiary alicyclic amines) is 2. The van der Waals surface area contributed by atoms with Gasteiger partial charge in [-0.15, -0.1) is 0 Å². The van der Waals surface area contributed by atoms with E-state index in [2.05, 4.69) is 27.2 Å². The van der Waals surface area contributed by atoms with Crippen molar-refractivity contribution in [2.45, 2.75) is 50.7 Å². The Morgan fingerprint density at radius 1 is 1.14 bits per heavy atom. The van der Waals surface area contributed by atoms with Crippen molar-refractivity contribution >= 4 is 5.96 Å². The Morgan fingerprint density at radius 3 is 2.50 bits per heavy atom. The third-order valence-electron chi connectivity index (χ3n) is 5.39. The first-order chi connectivity index (χ1) is 10.8. The molecule has 1 atom stereocenters. The molecule has 22 heavy (non-hydrogen) atoms. The van der Waals surface area contributed by atoms with Crippen molar-refractivity contribution in [1.82, 2.24) is 15.1 Å². The van der Waals surface area contributed by atoms with Gasteiger partial charge in [0.1, 0.15) is 0 Å². The molecule has 5 heteroatoms. The highest BCUT2D eigenvalue weighted by molar-refractivity contribution is 5.80. The fraction of sp³-hybridized carbons (Fsp3) is 0.941. The van der Waals surface area contributed by atoms with Crippen LogP contribution >= 0.6 is 0 Å². The summed E-state index contributed by atoms with van der Waals surface area (Å²) in [6, 6.07) is 0.663. The monoisotopic (exact) mass is 308 g/mol. The molecule has 0 aromatic heterocycles. The Morgan fingerprint density at radius 2 is 1.91 bits per heavy atom. The van der Waals surface area contributed by atoms with Crippen LogP contribution in [-0.2, 0) is 4.74 Å². The van der Waals surface area contributed by atoms with Crippen molar-refractivity contribution < 1.29 is 4.74 Å². The third kappa shape index (κ3) is 4.35. The molecule has 1 aliphatic carbocycles. The van der Waals surface area contributed by atoms with Gasteiger partial charge >= 0.3 is 0 Å². The molecule has 0 spiro atoms. The fourth-order valence-corrected chi connectivity index (χ4v) is 3.57. The lowest BCUT2D eigenvalue weighted by atomic mass is 10.1. The van der Waals surface area contributed by atoms with E-state index < -0.39 is 0 Å². The van der Waals surface area contributed by atoms with Crippen molar-refractivity contribution in [1.29, 1.82) is 0 Å². The molecule has 1 saturated carbocycles. The third-order valence-corrected chi connectivity index (χ3v) is 5.39. The predicted molar refractivity (Wildman–Crippen MR) is 90.3 cm³/mol. The summed E-state index contributed by atoms with van der Waals surface area (Å²) < 4.78 is 6.03. The first kappa shape index (κ1) is 16.1. The standard InChI is InChI=1S/C17H32N4O/c1-18-17(19-12-15-4-3-9-20(15)2)21-10-7-16(8-11-21)22-13-14-5-6-14/h14-16H,3-13H2,1-2H3,(H,18,19). The quantitative estimate of drug-likeness (QED) is 0.618. The Kier molecular flexibility index (Phi) is 5.58. The first-order valence-corrected chi connectivity index (χ1v) is 9.03. The lowest BCUT2D eigenvalue weighted by molar-refractivity contribution is 0.0131. The van der Waals surface area contributed by atoms with Crippen LogP contribution in [0.25, 0.3) is 0 Å². The largest absolute Gasteiger partial charge is 0.378 e. The van der Waals surface area contributed by atoms with Gasteiger partial charge in [-0.3, -0.25) is 4.99 Å². The van der Waals surface area contributed by atoms with Crippen LogP contribution in [-0.4, -0.2) is 74.8 Å². The SMILES string of the molecule is CN=C(NCC1CCCN1C)N1CCC(OCC2CC2)CC1. The van der Waals surface area contributed by atoms with Crippen molar-refractivity contribution in [3.8, 4) is 0 Å². The minimum absolute atomic E-state index is 0.468. The molecule has 0 aromatic rings. The van der Waals surface area contributed by atoms with Gasteiger partial charge < -0.3 is 19.9 Å². The van der Waals surface area contributed by atoms with E-state index in [1.165, 1.54) is 32.2 Å². The Balaban J connectivity index is 1.38. The van der Waals surface area contributed by atoms with Crippen molar-refractivity contribution in [3.05, 3.63) is 0 Å². The summed E-state index contributed by atoms with van der Waals surface area (Å²) in [6.07, 6.45) is 8.13. The Bertz CT molecular complexity index is 375. The molecule has 5 nitrogen and oxygen atoms in total. The molecule has 126 valence electrons. The lowest BCUT2D eigenvalue weighted by Gasteiger charge is -2.34. The van der Waals surface area contributed by atoms with Crippen LogP contribution in [0, 0.1) is 5.92 Å². The van der Waals surface area contributed by atoms with Crippen molar-refractivity contribution in [2.75, 3.05) is 46.9 Å². The van der Waals surface area contributed by atoms with Crippen LogP contribution in [0.1, 0.15) is 38.5 Å². The van der Waals surface area contributed by atoms with Crippen LogP contribution in [0.4, 0.5) is 0 Å². The van der Waals surface area contributed by atoms with Crippen molar-refractivity contribution in [2.24, 2.45) is 10.9 Å². The van der Waals surface area contributed by atoms with E-state index in [9.17, 15) is 0 Å². The van der Waals surface area contributed by atoms with Gasteiger partial charge in [0, 0.05) is 39.3 Å². The minimum Gasteiger partial charge on any atom is -0.378 e. The molecule has 0 radical (unpaired) electrons. The second-order valence-corrected chi connectivity index (χ2v) is 7.17. The van der Waals surface area contributed by atoms with Gasteiger partial charge in [0.2, 0.25) is 0 Å². The number of piperidine rings is 1. The topological polar surface area (TPSA) is 40.1 Å². The van der Waals surface area contributed by atoms with E-state index in [-0.39, 0.29) is 0 Å². The molecular weight excluding hydrogens is 276 g/mol. The van der Waals surface area contributed by atoms with E-state index in [1.54, 1.807) is 0 Å².